The van der Waals surface area contributed by atoms with Crippen molar-refractivity contribution in [2.45, 2.75) is 20.8 Å². The summed E-state index contributed by atoms with van der Waals surface area (Å²) in [5.74, 6) is 0.660. The maximum Gasteiger partial charge on any atom is 0.407 e. The SMILES string of the molecule is Cc1cc(NCCN(C)C(=O)O)nc(NC(=O)Nc2ccc(C)c(C)c2)n1. The van der Waals surface area contributed by atoms with Gasteiger partial charge in [-0.25, -0.2) is 14.6 Å². The number of carbonyl (C=O) groups is 2. The minimum Gasteiger partial charge on any atom is -0.465 e. The molecule has 9 nitrogen and oxygen atoms in total. The normalized spacial score (nSPS) is 10.2. The van der Waals surface area contributed by atoms with Crippen molar-refractivity contribution >= 4 is 29.6 Å². The summed E-state index contributed by atoms with van der Waals surface area (Å²) in [6.45, 7) is 6.44. The Morgan fingerprint density at radius 1 is 1.07 bits per heavy atom. The lowest BCUT2D eigenvalue weighted by Gasteiger charge is -2.14. The number of hydrogen-bond acceptors (Lipinski definition) is 5. The molecule has 0 saturated carbocycles. The molecule has 0 bridgehead atoms. The van der Waals surface area contributed by atoms with Gasteiger partial charge >= 0.3 is 12.1 Å². The number of urea groups is 1. The molecule has 0 spiro atoms. The quantitative estimate of drug-likeness (QED) is 0.619. The van der Waals surface area contributed by atoms with Gasteiger partial charge in [-0.15, -0.1) is 0 Å². The highest BCUT2D eigenvalue weighted by atomic mass is 16.4. The van der Waals surface area contributed by atoms with Crippen LogP contribution in [0.15, 0.2) is 24.3 Å². The van der Waals surface area contributed by atoms with Gasteiger partial charge in [0.25, 0.3) is 0 Å². The molecule has 0 aliphatic rings. The van der Waals surface area contributed by atoms with Crippen LogP contribution in [-0.4, -0.2) is 52.2 Å². The average molecular weight is 372 g/mol. The Kier molecular flexibility index (Phi) is 6.53. The number of likely N-dealkylation sites (N-methyl/N-ethyl adjacent to an activating group) is 1. The number of benzene rings is 1. The summed E-state index contributed by atoms with van der Waals surface area (Å²) in [6.07, 6.45) is -0.999. The summed E-state index contributed by atoms with van der Waals surface area (Å²) >= 11 is 0. The first-order valence-corrected chi connectivity index (χ1v) is 8.43. The molecule has 1 aromatic heterocycles. The Bertz CT molecular complexity index is 840. The van der Waals surface area contributed by atoms with Crippen LogP contribution in [0.2, 0.25) is 0 Å². The van der Waals surface area contributed by atoms with Gasteiger partial charge in [-0.2, -0.15) is 4.98 Å². The van der Waals surface area contributed by atoms with E-state index in [2.05, 4.69) is 25.9 Å². The zero-order valence-corrected chi connectivity index (χ0v) is 15.8. The van der Waals surface area contributed by atoms with Crippen molar-refractivity contribution in [3.8, 4) is 0 Å². The lowest BCUT2D eigenvalue weighted by molar-refractivity contribution is 0.157. The van der Waals surface area contributed by atoms with Gasteiger partial charge in [0, 0.05) is 37.6 Å². The Labute approximate surface area is 157 Å². The van der Waals surface area contributed by atoms with Crippen molar-refractivity contribution in [2.75, 3.05) is 36.1 Å². The Hall–Kier alpha value is -3.36. The van der Waals surface area contributed by atoms with Gasteiger partial charge in [-0.1, -0.05) is 6.07 Å². The summed E-state index contributed by atoms with van der Waals surface area (Å²) in [5.41, 5.74) is 3.57. The molecule has 0 saturated heterocycles. The fourth-order valence-corrected chi connectivity index (χ4v) is 2.25. The highest BCUT2D eigenvalue weighted by molar-refractivity contribution is 5.98. The van der Waals surface area contributed by atoms with E-state index in [4.69, 9.17) is 5.11 Å². The number of carboxylic acid groups (broad SMARTS) is 1. The van der Waals surface area contributed by atoms with E-state index < -0.39 is 12.1 Å². The van der Waals surface area contributed by atoms with Gasteiger partial charge in [-0.3, -0.25) is 5.32 Å². The Morgan fingerprint density at radius 2 is 1.81 bits per heavy atom. The molecule has 0 aliphatic carbocycles. The maximum atomic E-state index is 12.2. The van der Waals surface area contributed by atoms with Gasteiger partial charge < -0.3 is 20.6 Å². The fraction of sp³-hybridized carbons (Fsp3) is 0.333. The van der Waals surface area contributed by atoms with Crippen LogP contribution in [0.25, 0.3) is 0 Å². The topological polar surface area (TPSA) is 119 Å². The molecule has 144 valence electrons. The summed E-state index contributed by atoms with van der Waals surface area (Å²) in [6, 6.07) is 6.92. The van der Waals surface area contributed by atoms with Crippen LogP contribution in [0.1, 0.15) is 16.8 Å². The second kappa shape index (κ2) is 8.84. The minimum atomic E-state index is -0.999. The van der Waals surface area contributed by atoms with Crippen molar-refractivity contribution in [1.29, 1.82) is 0 Å². The first-order chi connectivity index (χ1) is 12.7. The Balaban J connectivity index is 1.97. The molecule has 0 aliphatic heterocycles. The monoisotopic (exact) mass is 372 g/mol. The first-order valence-electron chi connectivity index (χ1n) is 8.43. The van der Waals surface area contributed by atoms with Crippen molar-refractivity contribution in [3.05, 3.63) is 41.1 Å². The van der Waals surface area contributed by atoms with Gasteiger partial charge in [0.2, 0.25) is 5.95 Å². The zero-order chi connectivity index (χ0) is 20.0. The molecule has 3 amide bonds. The molecule has 0 radical (unpaired) electrons. The zero-order valence-electron chi connectivity index (χ0n) is 15.8. The number of amides is 3. The third-order valence-electron chi connectivity index (χ3n) is 3.92. The smallest absolute Gasteiger partial charge is 0.407 e. The number of nitrogens with one attached hydrogen (secondary N) is 3. The summed E-state index contributed by atoms with van der Waals surface area (Å²) in [7, 11) is 1.49. The molecular weight excluding hydrogens is 348 g/mol. The molecule has 1 heterocycles. The molecule has 0 fully saturated rings. The van der Waals surface area contributed by atoms with Crippen LogP contribution in [0.3, 0.4) is 0 Å². The summed E-state index contributed by atoms with van der Waals surface area (Å²) in [4.78, 5) is 32.5. The van der Waals surface area contributed by atoms with Gasteiger partial charge in [0.15, 0.2) is 0 Å². The number of nitrogens with zero attached hydrogens (tertiary/aromatic N) is 3. The standard InChI is InChI=1S/C18H24N6O3/c1-11-5-6-14(9-12(11)2)21-17(25)23-16-20-13(3)10-15(22-16)19-7-8-24(4)18(26)27/h5-6,9-10H,7-8H2,1-4H3,(H,26,27)(H3,19,20,21,22,23,25). The van der Waals surface area contributed by atoms with Crippen LogP contribution in [0.4, 0.5) is 27.0 Å². The minimum absolute atomic E-state index is 0.158. The first kappa shape index (κ1) is 20.0. The predicted octanol–water partition coefficient (Wildman–Crippen LogP) is 3.07. The Morgan fingerprint density at radius 3 is 2.48 bits per heavy atom. The molecule has 2 aromatic rings. The maximum absolute atomic E-state index is 12.2. The number of aryl methyl sites for hydroxylation is 3. The molecule has 27 heavy (non-hydrogen) atoms. The lowest BCUT2D eigenvalue weighted by Crippen LogP contribution is -2.30. The van der Waals surface area contributed by atoms with Gasteiger partial charge in [0.1, 0.15) is 5.82 Å². The molecule has 0 unspecified atom stereocenters. The number of rotatable bonds is 6. The van der Waals surface area contributed by atoms with E-state index in [9.17, 15) is 9.59 Å². The van der Waals surface area contributed by atoms with Crippen LogP contribution >= 0.6 is 0 Å². The van der Waals surface area contributed by atoms with Crippen LogP contribution in [0, 0.1) is 20.8 Å². The van der Waals surface area contributed by atoms with Gasteiger partial charge in [-0.05, 0) is 44.0 Å². The van der Waals surface area contributed by atoms with E-state index in [1.807, 2.05) is 32.0 Å². The molecular formula is C18H24N6O3. The molecule has 9 heteroatoms. The van der Waals surface area contributed by atoms with Crippen molar-refractivity contribution in [1.82, 2.24) is 14.9 Å². The van der Waals surface area contributed by atoms with Crippen LogP contribution < -0.4 is 16.0 Å². The number of anilines is 3. The molecule has 2 rings (SSSR count). The van der Waals surface area contributed by atoms with Crippen LogP contribution in [0.5, 0.6) is 0 Å². The third-order valence-corrected chi connectivity index (χ3v) is 3.92. The highest BCUT2D eigenvalue weighted by Gasteiger charge is 2.09. The predicted molar refractivity (Wildman–Crippen MR) is 104 cm³/mol. The molecule has 1 aromatic carbocycles. The van der Waals surface area contributed by atoms with E-state index in [1.165, 1.54) is 7.05 Å². The van der Waals surface area contributed by atoms with E-state index in [0.29, 0.717) is 30.3 Å². The highest BCUT2D eigenvalue weighted by Crippen LogP contribution is 2.15. The fourth-order valence-electron chi connectivity index (χ4n) is 2.25. The number of aromatic nitrogens is 2. The van der Waals surface area contributed by atoms with Crippen LogP contribution in [-0.2, 0) is 0 Å². The van der Waals surface area contributed by atoms with E-state index in [1.54, 1.807) is 13.0 Å². The van der Waals surface area contributed by atoms with Crippen molar-refractivity contribution in [3.63, 3.8) is 0 Å². The number of carbonyl (C=O) groups excluding carboxylic acids is 1. The summed E-state index contributed by atoms with van der Waals surface area (Å²) < 4.78 is 0. The van der Waals surface area contributed by atoms with Crippen molar-refractivity contribution in [2.24, 2.45) is 0 Å². The largest absolute Gasteiger partial charge is 0.465 e. The second-order valence-corrected chi connectivity index (χ2v) is 6.23. The van der Waals surface area contributed by atoms with Crippen molar-refractivity contribution < 1.29 is 14.7 Å². The lowest BCUT2D eigenvalue weighted by atomic mass is 10.1. The van der Waals surface area contributed by atoms with Gasteiger partial charge in [0.05, 0.1) is 0 Å². The summed E-state index contributed by atoms with van der Waals surface area (Å²) in [5, 5.41) is 17.2. The van der Waals surface area contributed by atoms with E-state index in [-0.39, 0.29) is 5.95 Å². The third kappa shape index (κ3) is 6.14. The second-order valence-electron chi connectivity index (χ2n) is 6.23. The molecule has 4 N–H and O–H groups in total. The number of hydrogen-bond donors (Lipinski definition) is 4. The van der Waals surface area contributed by atoms with E-state index in [0.717, 1.165) is 16.0 Å². The average Bonchev–Trinajstić information content (AvgIpc) is 2.57. The molecule has 0 atom stereocenters. The van der Waals surface area contributed by atoms with E-state index >= 15 is 0 Å².